The third-order valence-electron chi connectivity index (χ3n) is 3.37. The van der Waals surface area contributed by atoms with Crippen LogP contribution in [0.5, 0.6) is 0 Å². The summed E-state index contributed by atoms with van der Waals surface area (Å²) in [5.74, 6) is 0. The zero-order valence-electron chi connectivity index (χ0n) is 12.8. The maximum Gasteiger partial charge on any atom is 0.114 e. The van der Waals surface area contributed by atoms with Crippen LogP contribution in [0.2, 0.25) is 0 Å². The highest BCUT2D eigenvalue weighted by Crippen LogP contribution is 2.20. The summed E-state index contributed by atoms with van der Waals surface area (Å²) < 4.78 is 16.3. The van der Waals surface area contributed by atoms with Crippen molar-refractivity contribution in [3.05, 3.63) is 0 Å². The van der Waals surface area contributed by atoms with E-state index in [2.05, 4.69) is 0 Å². The Bertz CT molecular complexity index is 281. The number of ether oxygens (including phenoxy) is 3. The molecule has 0 bridgehead atoms. The van der Waals surface area contributed by atoms with Gasteiger partial charge in [-0.15, -0.1) is 0 Å². The fourth-order valence-electron chi connectivity index (χ4n) is 1.98. The van der Waals surface area contributed by atoms with Crippen molar-refractivity contribution < 1.29 is 29.5 Å². The Morgan fingerprint density at radius 1 is 1.30 bits per heavy atom. The van der Waals surface area contributed by atoms with Crippen molar-refractivity contribution in [3.8, 4) is 0 Å². The second-order valence-electron chi connectivity index (χ2n) is 6.16. The minimum Gasteiger partial charge on any atom is -0.388 e. The van der Waals surface area contributed by atoms with Crippen molar-refractivity contribution in [3.63, 3.8) is 0 Å². The highest BCUT2D eigenvalue weighted by molar-refractivity contribution is 4.88. The summed E-state index contributed by atoms with van der Waals surface area (Å²) in [6.45, 7) is 8.46. The van der Waals surface area contributed by atoms with E-state index in [0.29, 0.717) is 13.0 Å². The van der Waals surface area contributed by atoms with Crippen molar-refractivity contribution in [1.29, 1.82) is 0 Å². The van der Waals surface area contributed by atoms with Crippen LogP contribution in [0.1, 0.15) is 34.1 Å². The quantitative estimate of drug-likeness (QED) is 0.587. The predicted molar refractivity (Wildman–Crippen MR) is 73.5 cm³/mol. The molecular formula is C14H28O6. The molecule has 6 heteroatoms. The van der Waals surface area contributed by atoms with E-state index >= 15 is 0 Å². The van der Waals surface area contributed by atoms with Gasteiger partial charge in [0.15, 0.2) is 0 Å². The predicted octanol–water partition coefficient (Wildman–Crippen LogP) is 0.0782. The molecule has 1 saturated heterocycles. The van der Waals surface area contributed by atoms with E-state index in [0.717, 1.165) is 0 Å². The van der Waals surface area contributed by atoms with Gasteiger partial charge in [0, 0.05) is 6.61 Å². The first kappa shape index (κ1) is 17.8. The summed E-state index contributed by atoms with van der Waals surface area (Å²) in [4.78, 5) is 0. The zero-order valence-corrected chi connectivity index (χ0v) is 12.8. The molecule has 4 atom stereocenters. The number of hydrogen-bond donors (Lipinski definition) is 3. The smallest absolute Gasteiger partial charge is 0.114 e. The molecule has 1 aliphatic rings. The lowest BCUT2D eigenvalue weighted by atomic mass is 10.0. The molecule has 3 N–H and O–H groups in total. The molecule has 1 heterocycles. The molecule has 0 aromatic heterocycles. The summed E-state index contributed by atoms with van der Waals surface area (Å²) in [6, 6.07) is 0. The van der Waals surface area contributed by atoms with Gasteiger partial charge in [0.1, 0.15) is 24.4 Å². The van der Waals surface area contributed by atoms with E-state index in [1.807, 2.05) is 27.7 Å². The minimum atomic E-state index is -1.07. The Labute approximate surface area is 120 Å². The molecule has 4 unspecified atom stereocenters. The first-order valence-electron chi connectivity index (χ1n) is 7.14. The van der Waals surface area contributed by atoms with Gasteiger partial charge < -0.3 is 29.5 Å². The normalized spacial score (nSPS) is 29.1. The van der Waals surface area contributed by atoms with Gasteiger partial charge in [-0.3, -0.25) is 0 Å². The Hall–Kier alpha value is -0.240. The average molecular weight is 292 g/mol. The first-order chi connectivity index (χ1) is 9.23. The summed E-state index contributed by atoms with van der Waals surface area (Å²) in [6.07, 6.45) is -2.89. The Kier molecular flexibility index (Phi) is 6.84. The molecule has 0 saturated carbocycles. The lowest BCUT2D eigenvalue weighted by molar-refractivity contribution is -0.120. The summed E-state index contributed by atoms with van der Waals surface area (Å²) in [7, 11) is 0. The van der Waals surface area contributed by atoms with Crippen LogP contribution in [0, 0.1) is 0 Å². The molecule has 0 aliphatic carbocycles. The monoisotopic (exact) mass is 292 g/mol. The number of rotatable bonds is 8. The van der Waals surface area contributed by atoms with Crippen LogP contribution in [0.15, 0.2) is 0 Å². The highest BCUT2D eigenvalue weighted by atomic mass is 16.6. The van der Waals surface area contributed by atoms with Gasteiger partial charge >= 0.3 is 0 Å². The maximum absolute atomic E-state index is 9.96. The Morgan fingerprint density at radius 3 is 2.45 bits per heavy atom. The van der Waals surface area contributed by atoms with Gasteiger partial charge in [-0.2, -0.15) is 0 Å². The molecule has 1 aliphatic heterocycles. The molecule has 20 heavy (non-hydrogen) atoms. The van der Waals surface area contributed by atoms with Gasteiger partial charge in [-0.05, 0) is 34.1 Å². The van der Waals surface area contributed by atoms with E-state index in [4.69, 9.17) is 14.2 Å². The van der Waals surface area contributed by atoms with Crippen molar-refractivity contribution in [2.45, 2.75) is 70.2 Å². The third kappa shape index (κ3) is 5.63. The zero-order chi connectivity index (χ0) is 15.3. The molecule has 0 amide bonds. The highest BCUT2D eigenvalue weighted by Gasteiger charge is 2.39. The van der Waals surface area contributed by atoms with Crippen LogP contribution in [-0.4, -0.2) is 71.3 Å². The van der Waals surface area contributed by atoms with Crippen LogP contribution in [0.3, 0.4) is 0 Å². The van der Waals surface area contributed by atoms with E-state index in [1.165, 1.54) is 0 Å². The lowest BCUT2D eigenvalue weighted by Gasteiger charge is -2.29. The molecule has 0 aromatic carbocycles. The van der Waals surface area contributed by atoms with E-state index in [9.17, 15) is 15.3 Å². The number of aliphatic hydroxyl groups is 3. The third-order valence-corrected chi connectivity index (χ3v) is 3.37. The Balaban J connectivity index is 2.30. The van der Waals surface area contributed by atoms with Gasteiger partial charge in [0.05, 0.1) is 24.9 Å². The standard InChI is InChI=1S/C14H28O6/c1-9(2)18-6-5-14(3,4)20-8-11(16)13-12(17)10(15)7-19-13/h9-13,15-17H,5-8H2,1-4H3. The molecule has 1 rings (SSSR count). The van der Waals surface area contributed by atoms with Crippen LogP contribution >= 0.6 is 0 Å². The number of aliphatic hydroxyl groups excluding tert-OH is 3. The maximum atomic E-state index is 9.96. The van der Waals surface area contributed by atoms with Crippen LogP contribution in [-0.2, 0) is 14.2 Å². The molecule has 1 fully saturated rings. The molecule has 120 valence electrons. The van der Waals surface area contributed by atoms with Gasteiger partial charge in [0.2, 0.25) is 0 Å². The SMILES string of the molecule is CC(C)OCCC(C)(C)OCC(O)C1OCC(O)C1O. The Morgan fingerprint density at radius 2 is 1.95 bits per heavy atom. The molecule has 6 nitrogen and oxygen atoms in total. The van der Waals surface area contributed by atoms with Crippen molar-refractivity contribution in [2.24, 2.45) is 0 Å². The average Bonchev–Trinajstić information content (AvgIpc) is 2.67. The van der Waals surface area contributed by atoms with E-state index in [1.54, 1.807) is 0 Å². The molecular weight excluding hydrogens is 264 g/mol. The van der Waals surface area contributed by atoms with Crippen LogP contribution < -0.4 is 0 Å². The van der Waals surface area contributed by atoms with Gasteiger partial charge in [-0.1, -0.05) is 0 Å². The van der Waals surface area contributed by atoms with Gasteiger partial charge in [-0.25, -0.2) is 0 Å². The topological polar surface area (TPSA) is 88.4 Å². The van der Waals surface area contributed by atoms with E-state index < -0.39 is 30.0 Å². The summed E-state index contributed by atoms with van der Waals surface area (Å²) >= 11 is 0. The molecule has 0 spiro atoms. The largest absolute Gasteiger partial charge is 0.388 e. The van der Waals surface area contributed by atoms with Crippen molar-refractivity contribution >= 4 is 0 Å². The minimum absolute atomic E-state index is 0.0362. The number of hydrogen-bond acceptors (Lipinski definition) is 6. The second-order valence-corrected chi connectivity index (χ2v) is 6.16. The fraction of sp³-hybridized carbons (Fsp3) is 1.00. The van der Waals surface area contributed by atoms with E-state index in [-0.39, 0.29) is 19.3 Å². The second kappa shape index (κ2) is 7.68. The molecule has 0 aromatic rings. The fourth-order valence-corrected chi connectivity index (χ4v) is 1.98. The van der Waals surface area contributed by atoms with Crippen LogP contribution in [0.25, 0.3) is 0 Å². The first-order valence-corrected chi connectivity index (χ1v) is 7.14. The van der Waals surface area contributed by atoms with Crippen molar-refractivity contribution in [1.82, 2.24) is 0 Å². The summed E-state index contributed by atoms with van der Waals surface area (Å²) in [5, 5.41) is 29.0. The summed E-state index contributed by atoms with van der Waals surface area (Å²) in [5.41, 5.74) is -0.432. The lowest BCUT2D eigenvalue weighted by Crippen LogP contribution is -2.42. The van der Waals surface area contributed by atoms with Crippen molar-refractivity contribution in [2.75, 3.05) is 19.8 Å². The van der Waals surface area contributed by atoms with Gasteiger partial charge in [0.25, 0.3) is 0 Å². The van der Waals surface area contributed by atoms with Crippen LogP contribution in [0.4, 0.5) is 0 Å². The molecule has 0 radical (unpaired) electrons.